The molecule has 0 saturated carbocycles. The van der Waals surface area contributed by atoms with Crippen LogP contribution in [-0.4, -0.2) is 38.7 Å². The van der Waals surface area contributed by atoms with Crippen molar-refractivity contribution in [3.05, 3.63) is 65.5 Å². The average molecular weight is 462 g/mol. The smallest absolute Gasteiger partial charge is 0.381 e. The highest BCUT2D eigenvalue weighted by Gasteiger charge is 2.35. The van der Waals surface area contributed by atoms with Gasteiger partial charge in [0.2, 0.25) is 0 Å². The molecule has 2 aromatic rings. The maximum atomic E-state index is 12.8. The Morgan fingerprint density at radius 2 is 1.77 bits per heavy atom. The van der Waals surface area contributed by atoms with Gasteiger partial charge in [0.1, 0.15) is 0 Å². The predicted octanol–water partition coefficient (Wildman–Crippen LogP) is 3.94. The number of alkyl halides is 3. The zero-order valence-electron chi connectivity index (χ0n) is 16.3. The molecule has 0 aromatic heterocycles. The van der Waals surface area contributed by atoms with Crippen molar-refractivity contribution in [1.82, 2.24) is 0 Å². The molecule has 0 aliphatic carbocycles. The predicted molar refractivity (Wildman–Crippen MR) is 104 cm³/mol. The molecule has 0 spiro atoms. The fraction of sp³-hybridized carbons (Fsp3) is 0.263. The summed E-state index contributed by atoms with van der Waals surface area (Å²) in [7, 11) is -3.23. The summed E-state index contributed by atoms with van der Waals surface area (Å²) in [4.78, 5) is 14.2. The van der Waals surface area contributed by atoms with Crippen molar-refractivity contribution >= 4 is 27.5 Å². The van der Waals surface area contributed by atoms with E-state index in [1.54, 1.807) is 6.07 Å². The van der Waals surface area contributed by atoms with E-state index in [1.807, 2.05) is 0 Å². The largest absolute Gasteiger partial charge is 0.407 e. The first-order valence-electron chi connectivity index (χ1n) is 8.33. The van der Waals surface area contributed by atoms with E-state index in [9.17, 15) is 35.4 Å². The normalized spacial score (nSPS) is 13.2. The number of carbonyl (C=O) groups excluding carboxylic acids is 1. The second-order valence-electron chi connectivity index (χ2n) is 6.25. The van der Waals surface area contributed by atoms with Gasteiger partial charge in [-0.2, -0.15) is 21.6 Å². The third-order valence-corrected chi connectivity index (χ3v) is 4.45. The molecule has 7 nitrogen and oxygen atoms in total. The number of aliphatic hydroxyl groups is 1. The third-order valence-electron chi connectivity index (χ3n) is 3.62. The minimum absolute atomic E-state index is 0.170. The van der Waals surface area contributed by atoms with Crippen molar-refractivity contribution < 1.29 is 40.1 Å². The van der Waals surface area contributed by atoms with Gasteiger partial charge in [-0.25, -0.2) is 4.85 Å². The van der Waals surface area contributed by atoms with Gasteiger partial charge in [0, 0.05) is 12.8 Å². The van der Waals surface area contributed by atoms with Crippen LogP contribution in [0.15, 0.2) is 53.4 Å². The number of benzene rings is 2. The minimum atomic E-state index is -4.71. The van der Waals surface area contributed by atoms with Crippen LogP contribution in [0.4, 0.5) is 28.4 Å². The van der Waals surface area contributed by atoms with Crippen LogP contribution in [0.5, 0.6) is 0 Å². The molecule has 2 aromatic carbocycles. The Morgan fingerprint density at radius 3 is 2.19 bits per heavy atom. The molecular weight excluding hydrogens is 444 g/mol. The standard InChI is InChI=1S/C13H13F3N2O3.C6H5FO2S/c1-12(20,7-21-3)11(19)18-8-4-5-10(17-2)9(6-8)13(14,15)16;7-10(8,9)6-4-2-1-3-5-6/h4-6,20H,7H2,1,3H3,(H,18,19);1-5H/t12-;/m0./s1. The second-order valence-corrected chi connectivity index (χ2v) is 7.60. The number of amides is 1. The van der Waals surface area contributed by atoms with Crippen LogP contribution in [0, 0.1) is 6.57 Å². The Morgan fingerprint density at radius 1 is 1.19 bits per heavy atom. The lowest BCUT2D eigenvalue weighted by Gasteiger charge is -2.21. The maximum Gasteiger partial charge on any atom is 0.407 e. The van der Waals surface area contributed by atoms with E-state index in [0.717, 1.165) is 12.1 Å². The van der Waals surface area contributed by atoms with Crippen molar-refractivity contribution in [3.63, 3.8) is 0 Å². The number of anilines is 1. The van der Waals surface area contributed by atoms with Crippen LogP contribution in [0.3, 0.4) is 0 Å². The molecule has 0 fully saturated rings. The van der Waals surface area contributed by atoms with E-state index in [0.29, 0.717) is 6.07 Å². The first-order valence-corrected chi connectivity index (χ1v) is 9.72. The molecule has 0 unspecified atom stereocenters. The van der Waals surface area contributed by atoms with Gasteiger partial charge in [0.25, 0.3) is 5.91 Å². The van der Waals surface area contributed by atoms with Gasteiger partial charge in [-0.3, -0.25) is 4.79 Å². The third kappa shape index (κ3) is 7.97. The van der Waals surface area contributed by atoms with Crippen LogP contribution in [0.2, 0.25) is 0 Å². The fourth-order valence-electron chi connectivity index (χ4n) is 2.13. The number of rotatable bonds is 5. The molecule has 0 saturated heterocycles. The number of nitrogens with one attached hydrogen (secondary N) is 1. The van der Waals surface area contributed by atoms with Gasteiger partial charge in [-0.05, 0) is 31.2 Å². The van der Waals surface area contributed by atoms with Crippen molar-refractivity contribution in [3.8, 4) is 0 Å². The number of halogens is 4. The van der Waals surface area contributed by atoms with Gasteiger partial charge in [-0.1, -0.05) is 24.3 Å². The quantitative estimate of drug-likeness (QED) is 0.399. The molecule has 2 rings (SSSR count). The highest BCUT2D eigenvalue weighted by atomic mass is 32.3. The highest BCUT2D eigenvalue weighted by Crippen LogP contribution is 2.38. The molecular formula is C19H18F4N2O5S. The van der Waals surface area contributed by atoms with Crippen LogP contribution in [0.25, 0.3) is 4.85 Å². The van der Waals surface area contributed by atoms with E-state index < -0.39 is 39.2 Å². The lowest BCUT2D eigenvalue weighted by atomic mass is 10.1. The van der Waals surface area contributed by atoms with Crippen molar-refractivity contribution in [2.24, 2.45) is 0 Å². The average Bonchev–Trinajstić information content (AvgIpc) is 2.67. The highest BCUT2D eigenvalue weighted by molar-refractivity contribution is 7.86. The van der Waals surface area contributed by atoms with E-state index in [4.69, 9.17) is 6.57 Å². The lowest BCUT2D eigenvalue weighted by Crippen LogP contribution is -2.43. The Balaban J connectivity index is 0.000000399. The molecule has 1 atom stereocenters. The summed E-state index contributed by atoms with van der Waals surface area (Å²) in [6.07, 6.45) is -4.71. The molecule has 0 radical (unpaired) electrons. The summed E-state index contributed by atoms with van der Waals surface area (Å²) in [5.41, 5.74) is -3.77. The molecule has 0 heterocycles. The summed E-state index contributed by atoms with van der Waals surface area (Å²) < 4.78 is 75.4. The van der Waals surface area contributed by atoms with Crippen LogP contribution < -0.4 is 5.32 Å². The molecule has 168 valence electrons. The van der Waals surface area contributed by atoms with Crippen molar-refractivity contribution in [1.29, 1.82) is 0 Å². The Kier molecular flexibility index (Phi) is 8.68. The molecule has 1 amide bonds. The molecule has 0 bridgehead atoms. The van der Waals surface area contributed by atoms with Gasteiger partial charge in [0.15, 0.2) is 11.3 Å². The first kappa shape index (κ1) is 26.0. The maximum absolute atomic E-state index is 12.8. The Hall–Kier alpha value is -3.01. The first-order chi connectivity index (χ1) is 14.2. The zero-order valence-corrected chi connectivity index (χ0v) is 17.1. The van der Waals surface area contributed by atoms with E-state index in [1.165, 1.54) is 38.3 Å². The van der Waals surface area contributed by atoms with Gasteiger partial charge in [-0.15, -0.1) is 3.89 Å². The summed E-state index contributed by atoms with van der Waals surface area (Å²) in [6.45, 7) is 7.57. The summed E-state index contributed by atoms with van der Waals surface area (Å²) in [6, 6.07) is 9.71. The van der Waals surface area contributed by atoms with E-state index in [2.05, 4.69) is 14.9 Å². The molecule has 2 N–H and O–H groups in total. The van der Waals surface area contributed by atoms with Crippen LogP contribution >= 0.6 is 0 Å². The summed E-state index contributed by atoms with van der Waals surface area (Å²) >= 11 is 0. The van der Waals surface area contributed by atoms with Crippen molar-refractivity contribution in [2.45, 2.75) is 23.6 Å². The second kappa shape index (κ2) is 10.3. The molecule has 12 heteroatoms. The molecule has 31 heavy (non-hydrogen) atoms. The zero-order chi connectivity index (χ0) is 23.9. The van der Waals surface area contributed by atoms with Gasteiger partial charge < -0.3 is 15.2 Å². The fourth-order valence-corrected chi connectivity index (χ4v) is 2.62. The minimum Gasteiger partial charge on any atom is -0.381 e. The summed E-state index contributed by atoms with van der Waals surface area (Å²) in [5.74, 6) is -0.909. The van der Waals surface area contributed by atoms with Gasteiger partial charge >= 0.3 is 16.4 Å². The topological polar surface area (TPSA) is 97.1 Å². The lowest BCUT2D eigenvalue weighted by molar-refractivity contribution is -0.138. The van der Waals surface area contributed by atoms with E-state index >= 15 is 0 Å². The summed E-state index contributed by atoms with van der Waals surface area (Å²) in [5, 5.41) is 11.9. The Labute approximate surface area is 176 Å². The van der Waals surface area contributed by atoms with Gasteiger partial charge in [0.05, 0.1) is 23.6 Å². The number of nitrogens with zero attached hydrogens (tertiary/aromatic N) is 1. The van der Waals surface area contributed by atoms with Crippen LogP contribution in [-0.2, 0) is 25.9 Å². The van der Waals surface area contributed by atoms with Crippen molar-refractivity contribution in [2.75, 3.05) is 19.0 Å². The van der Waals surface area contributed by atoms with E-state index in [-0.39, 0.29) is 17.2 Å². The number of hydrogen-bond donors (Lipinski definition) is 2. The SMILES string of the molecule is O=S(=O)(F)c1ccccc1.[C-]#[N+]c1ccc(NC(=O)[C@@](C)(O)COC)cc1C(F)(F)F. The van der Waals surface area contributed by atoms with Crippen LogP contribution in [0.1, 0.15) is 12.5 Å². The number of ether oxygens (including phenoxy) is 1. The molecule has 0 aliphatic heterocycles. The number of hydrogen-bond acceptors (Lipinski definition) is 5. The monoisotopic (exact) mass is 462 g/mol. The Bertz CT molecular complexity index is 1050. The molecule has 0 aliphatic rings. The number of carbonyl (C=O) groups is 1. The number of methoxy groups -OCH3 is 1.